The van der Waals surface area contributed by atoms with E-state index in [0.717, 1.165) is 41.1 Å². The summed E-state index contributed by atoms with van der Waals surface area (Å²) in [6.07, 6.45) is 0.842. The molecular weight excluding hydrogens is 443 g/mol. The number of nitrogens with one attached hydrogen (secondary N) is 2. The van der Waals surface area contributed by atoms with Gasteiger partial charge in [0.25, 0.3) is 0 Å². The van der Waals surface area contributed by atoms with Crippen molar-refractivity contribution in [1.82, 2.24) is 15.6 Å². The number of aromatic nitrogens is 1. The van der Waals surface area contributed by atoms with Gasteiger partial charge < -0.3 is 15.7 Å². The topological polar surface area (TPSA) is 69.5 Å². The number of thioether (sulfide) groups is 1. The minimum Gasteiger partial charge on any atom is -0.387 e. The van der Waals surface area contributed by atoms with Crippen LogP contribution in [0.5, 0.6) is 0 Å². The Kier molecular flexibility index (Phi) is 9.17. The summed E-state index contributed by atoms with van der Waals surface area (Å²) in [5.74, 6) is 3.02. The van der Waals surface area contributed by atoms with Gasteiger partial charge in [-0.2, -0.15) is 11.8 Å². The zero-order valence-electron chi connectivity index (χ0n) is 14.0. The van der Waals surface area contributed by atoms with Crippen molar-refractivity contribution < 1.29 is 5.11 Å². The van der Waals surface area contributed by atoms with Crippen molar-refractivity contribution >= 4 is 53.0 Å². The van der Waals surface area contributed by atoms with Crippen LogP contribution in [0.3, 0.4) is 0 Å². The largest absolute Gasteiger partial charge is 0.387 e. The van der Waals surface area contributed by atoms with Crippen molar-refractivity contribution in [2.45, 2.75) is 45.3 Å². The third-order valence-electron chi connectivity index (χ3n) is 3.55. The Morgan fingerprint density at radius 1 is 1.48 bits per heavy atom. The zero-order chi connectivity index (χ0) is 16.0. The van der Waals surface area contributed by atoms with Gasteiger partial charge in [-0.25, -0.2) is 9.98 Å². The Bertz CT molecular complexity index is 501. The average molecular weight is 470 g/mol. The number of aliphatic imine (C=N–C) groups is 1. The second-order valence-corrected chi connectivity index (χ2v) is 7.94. The zero-order valence-corrected chi connectivity index (χ0v) is 17.9. The smallest absolute Gasteiger partial charge is 0.191 e. The Balaban J connectivity index is 0.00000264. The summed E-state index contributed by atoms with van der Waals surface area (Å²) in [4.78, 5) is 9.17. The Morgan fingerprint density at radius 3 is 2.83 bits per heavy atom. The third kappa shape index (κ3) is 6.75. The number of nitrogens with zero attached hydrogens (tertiary/aromatic N) is 2. The van der Waals surface area contributed by atoms with Gasteiger partial charge in [0.2, 0.25) is 0 Å². The minimum absolute atomic E-state index is 0. The van der Waals surface area contributed by atoms with E-state index in [1.54, 1.807) is 23.1 Å². The van der Waals surface area contributed by atoms with Crippen molar-refractivity contribution in [1.29, 1.82) is 0 Å². The fourth-order valence-electron chi connectivity index (χ4n) is 2.14. The van der Waals surface area contributed by atoms with Crippen molar-refractivity contribution in [3.63, 3.8) is 0 Å². The summed E-state index contributed by atoms with van der Waals surface area (Å²) >= 11 is 3.46. The van der Waals surface area contributed by atoms with Crippen LogP contribution in [0.25, 0.3) is 0 Å². The molecule has 1 aromatic heterocycles. The Morgan fingerprint density at radius 2 is 2.26 bits per heavy atom. The number of halogens is 1. The second-order valence-electron chi connectivity index (χ2n) is 5.90. The van der Waals surface area contributed by atoms with E-state index < -0.39 is 5.60 Å². The lowest BCUT2D eigenvalue weighted by Crippen LogP contribution is -2.47. The number of hydrogen-bond acceptors (Lipinski definition) is 5. The lowest BCUT2D eigenvalue weighted by Gasteiger charge is -2.23. The van der Waals surface area contributed by atoms with Gasteiger partial charge in [0.1, 0.15) is 5.01 Å². The maximum atomic E-state index is 10.4. The van der Waals surface area contributed by atoms with E-state index in [9.17, 15) is 5.11 Å². The second kappa shape index (κ2) is 10.0. The average Bonchev–Trinajstić information content (AvgIpc) is 3.11. The first-order chi connectivity index (χ1) is 10.5. The molecule has 1 atom stereocenters. The van der Waals surface area contributed by atoms with E-state index in [2.05, 4.69) is 39.8 Å². The molecular formula is C15H27IN4OS2. The van der Waals surface area contributed by atoms with Gasteiger partial charge in [-0.05, 0) is 25.0 Å². The highest BCUT2D eigenvalue weighted by molar-refractivity contribution is 14.0. The summed E-state index contributed by atoms with van der Waals surface area (Å²) in [5, 5.41) is 20.0. The van der Waals surface area contributed by atoms with Crippen LogP contribution in [0, 0.1) is 0 Å². The molecule has 1 aliphatic rings. The van der Waals surface area contributed by atoms with E-state index in [-0.39, 0.29) is 24.0 Å². The van der Waals surface area contributed by atoms with E-state index >= 15 is 0 Å². The molecule has 1 saturated heterocycles. The van der Waals surface area contributed by atoms with Crippen LogP contribution < -0.4 is 10.6 Å². The lowest BCUT2D eigenvalue weighted by atomic mass is 10.0. The van der Waals surface area contributed by atoms with Crippen LogP contribution in [0.2, 0.25) is 0 Å². The lowest BCUT2D eigenvalue weighted by molar-refractivity contribution is 0.0724. The van der Waals surface area contributed by atoms with Gasteiger partial charge in [-0.3, -0.25) is 0 Å². The summed E-state index contributed by atoms with van der Waals surface area (Å²) in [6, 6.07) is 0. The maximum Gasteiger partial charge on any atom is 0.191 e. The molecule has 1 aromatic rings. The molecule has 2 heterocycles. The van der Waals surface area contributed by atoms with Gasteiger partial charge in [-0.1, -0.05) is 13.8 Å². The highest BCUT2D eigenvalue weighted by Crippen LogP contribution is 2.26. The molecule has 0 spiro atoms. The first-order valence-corrected chi connectivity index (χ1v) is 9.82. The summed E-state index contributed by atoms with van der Waals surface area (Å²) in [6.45, 7) is 8.24. The van der Waals surface area contributed by atoms with Crippen LogP contribution in [-0.2, 0) is 6.54 Å². The quantitative estimate of drug-likeness (QED) is 0.339. The first kappa shape index (κ1) is 21.0. The molecule has 1 fully saturated rings. The number of rotatable bonds is 6. The van der Waals surface area contributed by atoms with E-state index in [1.165, 1.54) is 0 Å². The molecule has 0 amide bonds. The van der Waals surface area contributed by atoms with Crippen LogP contribution in [-0.4, -0.2) is 46.2 Å². The number of guanidine groups is 1. The normalized spacial score (nSPS) is 21.3. The minimum atomic E-state index is -0.604. The van der Waals surface area contributed by atoms with Crippen molar-refractivity contribution in [2.24, 2.45) is 4.99 Å². The van der Waals surface area contributed by atoms with E-state index in [0.29, 0.717) is 19.0 Å². The third-order valence-corrected chi connectivity index (χ3v) is 5.63. The van der Waals surface area contributed by atoms with Gasteiger partial charge in [0.05, 0.1) is 17.8 Å². The fourth-order valence-corrected chi connectivity index (χ4v) is 4.31. The van der Waals surface area contributed by atoms with Gasteiger partial charge in [-0.15, -0.1) is 35.3 Å². The van der Waals surface area contributed by atoms with E-state index in [1.807, 2.05) is 6.92 Å². The molecule has 132 valence electrons. The van der Waals surface area contributed by atoms with Crippen LogP contribution in [0.4, 0.5) is 0 Å². The molecule has 0 aromatic carbocycles. The van der Waals surface area contributed by atoms with Crippen LogP contribution in [0.1, 0.15) is 43.8 Å². The van der Waals surface area contributed by atoms with Gasteiger partial charge in [0.15, 0.2) is 5.96 Å². The number of aliphatic hydroxyl groups is 1. The predicted octanol–water partition coefficient (Wildman–Crippen LogP) is 2.81. The van der Waals surface area contributed by atoms with Crippen LogP contribution >= 0.6 is 47.1 Å². The predicted molar refractivity (Wildman–Crippen MR) is 111 cm³/mol. The highest BCUT2D eigenvalue weighted by atomic mass is 127. The molecule has 0 saturated carbocycles. The van der Waals surface area contributed by atoms with Gasteiger partial charge in [0, 0.05) is 24.2 Å². The molecule has 0 aliphatic carbocycles. The van der Waals surface area contributed by atoms with Crippen molar-refractivity contribution in [3.05, 3.63) is 16.1 Å². The van der Waals surface area contributed by atoms with Crippen LogP contribution in [0.15, 0.2) is 10.4 Å². The summed E-state index contributed by atoms with van der Waals surface area (Å²) < 4.78 is 0. The summed E-state index contributed by atoms with van der Waals surface area (Å²) in [5.41, 5.74) is 0.526. The Hall–Kier alpha value is -0.0600. The fraction of sp³-hybridized carbons (Fsp3) is 0.733. The number of hydrogen-bond donors (Lipinski definition) is 3. The van der Waals surface area contributed by atoms with Gasteiger partial charge >= 0.3 is 0 Å². The molecule has 1 aliphatic heterocycles. The molecule has 2 rings (SSSR count). The number of thiazole rings is 1. The van der Waals surface area contributed by atoms with E-state index in [4.69, 9.17) is 0 Å². The molecule has 3 N–H and O–H groups in total. The van der Waals surface area contributed by atoms with Crippen molar-refractivity contribution in [2.75, 3.05) is 24.6 Å². The monoisotopic (exact) mass is 470 g/mol. The molecule has 0 bridgehead atoms. The first-order valence-electron chi connectivity index (χ1n) is 7.79. The highest BCUT2D eigenvalue weighted by Gasteiger charge is 2.31. The Labute approximate surface area is 164 Å². The molecule has 0 radical (unpaired) electrons. The SMILES string of the molecule is CCNC(=NCc1nc(C(C)C)cs1)NCC1(O)CCSC1.I. The molecule has 23 heavy (non-hydrogen) atoms. The van der Waals surface area contributed by atoms with Crippen molar-refractivity contribution in [3.8, 4) is 0 Å². The standard InChI is InChI=1S/C15H26N4OS2.HI/c1-4-16-14(18-9-15(20)5-6-21-10-15)17-7-13-19-12(8-22-13)11(2)3;/h8,11,20H,4-7,9-10H2,1-3H3,(H2,16,17,18);1H. The molecule has 5 nitrogen and oxygen atoms in total. The molecule has 8 heteroatoms. The molecule has 1 unspecified atom stereocenters. The summed E-state index contributed by atoms with van der Waals surface area (Å²) in [7, 11) is 0. The maximum absolute atomic E-state index is 10.4.